The molecule has 0 fully saturated rings. The van der Waals surface area contributed by atoms with Gasteiger partial charge in [0.15, 0.2) is 0 Å². The van der Waals surface area contributed by atoms with E-state index in [0.717, 1.165) is 23.9 Å². The topological polar surface area (TPSA) is 21.3 Å². The summed E-state index contributed by atoms with van der Waals surface area (Å²) in [5.74, 6) is 0.621. The van der Waals surface area contributed by atoms with E-state index in [-0.39, 0.29) is 0 Å². The van der Waals surface area contributed by atoms with Gasteiger partial charge in [-0.15, -0.1) is 0 Å². The molecule has 0 aliphatic rings. The molecule has 0 bridgehead atoms. The van der Waals surface area contributed by atoms with Crippen LogP contribution in [-0.4, -0.2) is 19.2 Å². The molecule has 2 nitrogen and oxygen atoms in total. The first-order valence-corrected chi connectivity index (χ1v) is 7.64. The van der Waals surface area contributed by atoms with Gasteiger partial charge in [0.1, 0.15) is 12.4 Å². The third-order valence-electron chi connectivity index (χ3n) is 2.75. The number of ether oxygens (including phenoxy) is 1. The fourth-order valence-electron chi connectivity index (χ4n) is 1.62. The Balaban J connectivity index is 2.42. The molecule has 0 aliphatic heterocycles. The Labute approximate surface area is 127 Å². The highest BCUT2D eigenvalue weighted by Crippen LogP contribution is 2.33. The standard InChI is InChI=1S/C13H18BrCl2NO/c1-3-9(4-2)17-5-6-18-13-8-11(15)10(14)7-12(13)16/h7-9,17H,3-6H2,1-2H3. The molecule has 0 heterocycles. The number of rotatable bonds is 7. The quantitative estimate of drug-likeness (QED) is 0.554. The normalized spacial score (nSPS) is 11.0. The first-order valence-electron chi connectivity index (χ1n) is 6.09. The number of benzene rings is 1. The predicted octanol–water partition coefficient (Wildman–Crippen LogP) is 4.91. The maximum atomic E-state index is 6.06. The van der Waals surface area contributed by atoms with Crippen LogP contribution in [-0.2, 0) is 0 Å². The van der Waals surface area contributed by atoms with Gasteiger partial charge < -0.3 is 10.1 Å². The Bertz CT molecular complexity index is 383. The van der Waals surface area contributed by atoms with Crippen molar-refractivity contribution in [3.8, 4) is 5.75 Å². The fourth-order valence-corrected chi connectivity index (χ4v) is 2.46. The molecule has 5 heteroatoms. The Morgan fingerprint density at radius 3 is 2.50 bits per heavy atom. The van der Waals surface area contributed by atoms with Gasteiger partial charge in [0.25, 0.3) is 0 Å². The van der Waals surface area contributed by atoms with Crippen molar-refractivity contribution < 1.29 is 4.74 Å². The fraction of sp³-hybridized carbons (Fsp3) is 0.538. The maximum Gasteiger partial charge on any atom is 0.139 e. The predicted molar refractivity (Wildman–Crippen MR) is 82.0 cm³/mol. The molecule has 0 saturated carbocycles. The molecule has 0 atom stereocenters. The van der Waals surface area contributed by atoms with Gasteiger partial charge in [0.2, 0.25) is 0 Å². The summed E-state index contributed by atoms with van der Waals surface area (Å²) in [6.45, 7) is 5.73. The van der Waals surface area contributed by atoms with Crippen LogP contribution in [0.3, 0.4) is 0 Å². The lowest BCUT2D eigenvalue weighted by molar-refractivity contribution is 0.302. The number of nitrogens with one attached hydrogen (secondary N) is 1. The molecule has 0 amide bonds. The third kappa shape index (κ3) is 4.96. The lowest BCUT2D eigenvalue weighted by Crippen LogP contribution is -2.31. The average molecular weight is 355 g/mol. The van der Waals surface area contributed by atoms with Crippen molar-refractivity contribution in [1.82, 2.24) is 5.32 Å². The van der Waals surface area contributed by atoms with Gasteiger partial charge in [0, 0.05) is 23.1 Å². The van der Waals surface area contributed by atoms with Crippen LogP contribution in [0.5, 0.6) is 5.75 Å². The highest BCUT2D eigenvalue weighted by molar-refractivity contribution is 9.10. The molecule has 0 saturated heterocycles. The second-order valence-corrected chi connectivity index (χ2v) is 5.68. The van der Waals surface area contributed by atoms with E-state index < -0.39 is 0 Å². The van der Waals surface area contributed by atoms with Crippen LogP contribution < -0.4 is 10.1 Å². The van der Waals surface area contributed by atoms with Crippen LogP contribution >= 0.6 is 39.1 Å². The Hall–Kier alpha value is 0.0400. The molecule has 1 aromatic carbocycles. The average Bonchev–Trinajstić information content (AvgIpc) is 2.35. The first kappa shape index (κ1) is 16.1. The summed E-state index contributed by atoms with van der Waals surface area (Å²) in [4.78, 5) is 0. The number of halogens is 3. The van der Waals surface area contributed by atoms with Crippen LogP contribution in [0.15, 0.2) is 16.6 Å². The molecule has 1 N–H and O–H groups in total. The lowest BCUT2D eigenvalue weighted by Gasteiger charge is -2.15. The molecule has 1 aromatic rings. The molecule has 18 heavy (non-hydrogen) atoms. The van der Waals surface area contributed by atoms with E-state index in [2.05, 4.69) is 35.1 Å². The minimum atomic E-state index is 0.553. The van der Waals surface area contributed by atoms with Crippen molar-refractivity contribution in [2.45, 2.75) is 32.7 Å². The van der Waals surface area contributed by atoms with Crippen molar-refractivity contribution in [2.75, 3.05) is 13.2 Å². The summed E-state index contributed by atoms with van der Waals surface area (Å²) < 4.78 is 6.39. The molecule has 1 rings (SSSR count). The third-order valence-corrected chi connectivity index (χ3v) is 4.25. The van der Waals surface area contributed by atoms with E-state index >= 15 is 0 Å². The zero-order valence-electron chi connectivity index (χ0n) is 10.6. The van der Waals surface area contributed by atoms with Crippen LogP contribution in [0.1, 0.15) is 26.7 Å². The molecule has 0 unspecified atom stereocenters. The largest absolute Gasteiger partial charge is 0.491 e. The number of hydrogen-bond donors (Lipinski definition) is 1. The molecule has 0 aliphatic carbocycles. The van der Waals surface area contributed by atoms with E-state index in [1.165, 1.54) is 0 Å². The van der Waals surface area contributed by atoms with Crippen molar-refractivity contribution in [2.24, 2.45) is 0 Å². The minimum Gasteiger partial charge on any atom is -0.491 e. The summed E-state index contributed by atoms with van der Waals surface area (Å²) in [7, 11) is 0. The van der Waals surface area contributed by atoms with E-state index in [1.54, 1.807) is 12.1 Å². The zero-order valence-corrected chi connectivity index (χ0v) is 13.7. The maximum absolute atomic E-state index is 6.06. The minimum absolute atomic E-state index is 0.553. The smallest absolute Gasteiger partial charge is 0.139 e. The Kier molecular flexibility index (Phi) is 7.38. The zero-order chi connectivity index (χ0) is 13.5. The van der Waals surface area contributed by atoms with Gasteiger partial charge in [-0.25, -0.2) is 0 Å². The highest BCUT2D eigenvalue weighted by atomic mass is 79.9. The SMILES string of the molecule is CCC(CC)NCCOc1cc(Cl)c(Br)cc1Cl. The van der Waals surface area contributed by atoms with Crippen molar-refractivity contribution in [3.05, 3.63) is 26.7 Å². The highest BCUT2D eigenvalue weighted by Gasteiger charge is 2.07. The summed E-state index contributed by atoms with van der Waals surface area (Å²) in [5.41, 5.74) is 0. The van der Waals surface area contributed by atoms with E-state index in [0.29, 0.717) is 28.4 Å². The van der Waals surface area contributed by atoms with Gasteiger partial charge >= 0.3 is 0 Å². The molecule has 0 aromatic heterocycles. The molecular formula is C13H18BrCl2NO. The Morgan fingerprint density at radius 1 is 1.22 bits per heavy atom. The molecule has 0 radical (unpaired) electrons. The van der Waals surface area contributed by atoms with Gasteiger partial charge in [-0.05, 0) is 34.8 Å². The summed E-state index contributed by atoms with van der Waals surface area (Å²) in [5, 5.41) is 4.59. The van der Waals surface area contributed by atoms with Gasteiger partial charge in [-0.3, -0.25) is 0 Å². The van der Waals surface area contributed by atoms with Crippen molar-refractivity contribution in [3.63, 3.8) is 0 Å². The first-order chi connectivity index (χ1) is 8.58. The van der Waals surface area contributed by atoms with E-state index in [4.69, 9.17) is 27.9 Å². The Morgan fingerprint density at radius 2 is 1.89 bits per heavy atom. The van der Waals surface area contributed by atoms with Gasteiger partial charge in [-0.1, -0.05) is 37.0 Å². The summed E-state index contributed by atoms with van der Waals surface area (Å²) in [6.07, 6.45) is 2.25. The van der Waals surface area contributed by atoms with E-state index in [9.17, 15) is 0 Å². The van der Waals surface area contributed by atoms with Crippen LogP contribution in [0, 0.1) is 0 Å². The van der Waals surface area contributed by atoms with Crippen molar-refractivity contribution >= 4 is 39.1 Å². The van der Waals surface area contributed by atoms with Crippen LogP contribution in [0.25, 0.3) is 0 Å². The monoisotopic (exact) mass is 353 g/mol. The van der Waals surface area contributed by atoms with Crippen LogP contribution in [0.4, 0.5) is 0 Å². The molecule has 102 valence electrons. The molecular weight excluding hydrogens is 337 g/mol. The van der Waals surface area contributed by atoms with Crippen LogP contribution in [0.2, 0.25) is 10.0 Å². The van der Waals surface area contributed by atoms with Crippen molar-refractivity contribution in [1.29, 1.82) is 0 Å². The second kappa shape index (κ2) is 8.26. The van der Waals surface area contributed by atoms with Gasteiger partial charge in [0.05, 0.1) is 10.0 Å². The summed E-state index contributed by atoms with van der Waals surface area (Å²) >= 11 is 15.4. The second-order valence-electron chi connectivity index (χ2n) is 4.01. The summed E-state index contributed by atoms with van der Waals surface area (Å²) in [6, 6.07) is 4.02. The lowest BCUT2D eigenvalue weighted by atomic mass is 10.2. The van der Waals surface area contributed by atoms with E-state index in [1.807, 2.05) is 0 Å². The van der Waals surface area contributed by atoms with Gasteiger partial charge in [-0.2, -0.15) is 0 Å². The molecule has 0 spiro atoms. The number of hydrogen-bond acceptors (Lipinski definition) is 2.